The van der Waals surface area contributed by atoms with Crippen LogP contribution in [0.4, 0.5) is 0 Å². The average molecular weight is 472 g/mol. The smallest absolute Gasteiger partial charge is 0.0822 e. The summed E-state index contributed by atoms with van der Waals surface area (Å²) in [5, 5.41) is 2.31. The van der Waals surface area contributed by atoms with Crippen LogP contribution >= 0.6 is 31.9 Å². The third-order valence-corrected chi connectivity index (χ3v) is 5.43. The Hall–Kier alpha value is 0.880. The molecule has 0 rings (SSSR count). The molecule has 0 aliphatic carbocycles. The minimum atomic E-state index is 0.761. The van der Waals surface area contributed by atoms with Crippen LogP contribution in [0, 0.1) is 0 Å². The van der Waals surface area contributed by atoms with Gasteiger partial charge < -0.3 is 0 Å². The Labute approximate surface area is 168 Å². The van der Waals surface area contributed by atoms with E-state index in [2.05, 4.69) is 31.9 Å². The SMILES string of the molecule is BrCCCCCCCCCCOOCCCCCCCCCCBr. The Morgan fingerprint density at radius 3 is 0.875 bits per heavy atom. The Kier molecular flexibility index (Phi) is 24.8. The Balaban J connectivity index is 2.93. The molecule has 0 radical (unpaired) electrons. The fourth-order valence-electron chi connectivity index (χ4n) is 2.75. The molecule has 0 amide bonds. The molecule has 0 spiro atoms. The van der Waals surface area contributed by atoms with Crippen molar-refractivity contribution in [2.75, 3.05) is 23.9 Å². The zero-order chi connectivity index (χ0) is 17.6. The molecule has 0 aromatic carbocycles. The van der Waals surface area contributed by atoms with E-state index in [1.54, 1.807) is 0 Å². The molecule has 0 saturated heterocycles. The maximum Gasteiger partial charge on any atom is 0.0822 e. The molecule has 0 heterocycles. The highest BCUT2D eigenvalue weighted by atomic mass is 79.9. The summed E-state index contributed by atoms with van der Waals surface area (Å²) in [6.45, 7) is 1.52. The van der Waals surface area contributed by atoms with Crippen LogP contribution in [-0.2, 0) is 9.78 Å². The van der Waals surface area contributed by atoms with E-state index in [0.29, 0.717) is 0 Å². The molecule has 0 aliphatic heterocycles. The second-order valence-electron chi connectivity index (χ2n) is 6.68. The molecule has 2 nitrogen and oxygen atoms in total. The highest BCUT2D eigenvalue weighted by Crippen LogP contribution is 2.10. The molecule has 0 saturated carbocycles. The molecular weight excluding hydrogens is 432 g/mol. The average Bonchev–Trinajstić information content (AvgIpc) is 2.60. The number of halogens is 2. The van der Waals surface area contributed by atoms with E-state index in [1.807, 2.05) is 0 Å². The molecule has 0 aliphatic rings. The van der Waals surface area contributed by atoms with E-state index in [9.17, 15) is 0 Å². The van der Waals surface area contributed by atoms with Gasteiger partial charge in [0.25, 0.3) is 0 Å². The van der Waals surface area contributed by atoms with Gasteiger partial charge in [0.15, 0.2) is 0 Å². The lowest BCUT2D eigenvalue weighted by molar-refractivity contribution is -0.295. The zero-order valence-corrected chi connectivity index (χ0v) is 18.9. The van der Waals surface area contributed by atoms with Crippen LogP contribution in [0.3, 0.4) is 0 Å². The number of hydrogen-bond donors (Lipinski definition) is 0. The fourth-order valence-corrected chi connectivity index (χ4v) is 3.54. The van der Waals surface area contributed by atoms with E-state index >= 15 is 0 Å². The van der Waals surface area contributed by atoms with Gasteiger partial charge in [0, 0.05) is 10.7 Å². The monoisotopic (exact) mass is 470 g/mol. The molecular formula is C20H40Br2O2. The maximum atomic E-state index is 5.26. The van der Waals surface area contributed by atoms with Crippen LogP contribution in [0.25, 0.3) is 0 Å². The molecule has 24 heavy (non-hydrogen) atoms. The van der Waals surface area contributed by atoms with Crippen molar-refractivity contribution < 1.29 is 9.78 Å². The first-order valence-electron chi connectivity index (χ1n) is 10.3. The molecule has 0 fully saturated rings. The summed E-state index contributed by atoms with van der Waals surface area (Å²) >= 11 is 6.95. The highest BCUT2D eigenvalue weighted by molar-refractivity contribution is 9.09. The second-order valence-corrected chi connectivity index (χ2v) is 8.26. The lowest BCUT2D eigenvalue weighted by Crippen LogP contribution is -1.99. The van der Waals surface area contributed by atoms with Crippen molar-refractivity contribution in [3.63, 3.8) is 0 Å². The number of unbranched alkanes of at least 4 members (excludes halogenated alkanes) is 14. The van der Waals surface area contributed by atoms with Crippen LogP contribution in [0.15, 0.2) is 0 Å². The van der Waals surface area contributed by atoms with E-state index in [1.165, 1.54) is 89.9 Å². The third-order valence-electron chi connectivity index (χ3n) is 4.31. The fraction of sp³-hybridized carbons (Fsp3) is 1.00. The van der Waals surface area contributed by atoms with Crippen molar-refractivity contribution in [1.82, 2.24) is 0 Å². The molecule has 4 heteroatoms. The first-order valence-corrected chi connectivity index (χ1v) is 12.5. The van der Waals surface area contributed by atoms with E-state index in [4.69, 9.17) is 9.78 Å². The van der Waals surface area contributed by atoms with E-state index < -0.39 is 0 Å². The first kappa shape index (κ1) is 24.9. The third kappa shape index (κ3) is 22.9. The summed E-state index contributed by atoms with van der Waals surface area (Å²) in [6.07, 6.45) is 21.2. The van der Waals surface area contributed by atoms with Crippen molar-refractivity contribution in [3.05, 3.63) is 0 Å². The second kappa shape index (κ2) is 23.9. The van der Waals surface area contributed by atoms with Gasteiger partial charge in [-0.2, -0.15) is 0 Å². The minimum Gasteiger partial charge on any atom is -0.237 e. The lowest BCUT2D eigenvalue weighted by atomic mass is 10.1. The summed E-state index contributed by atoms with van der Waals surface area (Å²) in [5.74, 6) is 0. The minimum absolute atomic E-state index is 0.761. The van der Waals surface area contributed by atoms with Gasteiger partial charge >= 0.3 is 0 Å². The maximum absolute atomic E-state index is 5.26. The van der Waals surface area contributed by atoms with Crippen molar-refractivity contribution >= 4 is 31.9 Å². The van der Waals surface area contributed by atoms with E-state index in [-0.39, 0.29) is 0 Å². The van der Waals surface area contributed by atoms with Gasteiger partial charge in [-0.3, -0.25) is 0 Å². The molecule has 0 aromatic heterocycles. The Morgan fingerprint density at radius 1 is 0.333 bits per heavy atom. The first-order chi connectivity index (χ1) is 11.9. The summed E-state index contributed by atoms with van der Waals surface area (Å²) in [7, 11) is 0. The predicted molar refractivity (Wildman–Crippen MR) is 113 cm³/mol. The predicted octanol–water partition coefficient (Wildman–Crippen LogP) is 7.97. The molecule has 0 aromatic rings. The van der Waals surface area contributed by atoms with Gasteiger partial charge in [-0.1, -0.05) is 109 Å². The summed E-state index contributed by atoms with van der Waals surface area (Å²) in [5.41, 5.74) is 0. The number of rotatable bonds is 21. The van der Waals surface area contributed by atoms with Crippen molar-refractivity contribution in [1.29, 1.82) is 0 Å². The topological polar surface area (TPSA) is 18.5 Å². The quantitative estimate of drug-likeness (QED) is 0.0730. The summed E-state index contributed by atoms with van der Waals surface area (Å²) < 4.78 is 0. The summed E-state index contributed by atoms with van der Waals surface area (Å²) in [4.78, 5) is 10.5. The normalized spacial score (nSPS) is 11.2. The Bertz CT molecular complexity index is 194. The van der Waals surface area contributed by atoms with Gasteiger partial charge in [0.1, 0.15) is 0 Å². The molecule has 0 unspecified atom stereocenters. The number of alkyl halides is 2. The Morgan fingerprint density at radius 2 is 0.583 bits per heavy atom. The van der Waals surface area contributed by atoms with Gasteiger partial charge in [-0.25, -0.2) is 9.78 Å². The van der Waals surface area contributed by atoms with Crippen LogP contribution in [0.1, 0.15) is 103 Å². The standard InChI is InChI=1S/C20H40Br2O2/c21-17-13-9-5-1-3-7-11-15-19-23-24-20-16-12-8-4-2-6-10-14-18-22/h1-20H2. The van der Waals surface area contributed by atoms with Crippen molar-refractivity contribution in [3.8, 4) is 0 Å². The molecule has 0 atom stereocenters. The van der Waals surface area contributed by atoms with Crippen LogP contribution in [-0.4, -0.2) is 23.9 Å². The van der Waals surface area contributed by atoms with Gasteiger partial charge in [0.2, 0.25) is 0 Å². The lowest BCUT2D eigenvalue weighted by Gasteiger charge is -2.05. The molecule has 0 N–H and O–H groups in total. The largest absolute Gasteiger partial charge is 0.237 e. The van der Waals surface area contributed by atoms with Gasteiger partial charge in [-0.15, -0.1) is 0 Å². The van der Waals surface area contributed by atoms with Gasteiger partial charge in [0.05, 0.1) is 13.2 Å². The van der Waals surface area contributed by atoms with Crippen LogP contribution in [0.2, 0.25) is 0 Å². The van der Waals surface area contributed by atoms with E-state index in [0.717, 1.165) is 36.7 Å². The van der Waals surface area contributed by atoms with Crippen LogP contribution in [0.5, 0.6) is 0 Å². The van der Waals surface area contributed by atoms with Crippen LogP contribution < -0.4 is 0 Å². The number of hydrogen-bond acceptors (Lipinski definition) is 2. The molecule has 146 valence electrons. The zero-order valence-electron chi connectivity index (χ0n) is 15.7. The van der Waals surface area contributed by atoms with Crippen molar-refractivity contribution in [2.45, 2.75) is 103 Å². The van der Waals surface area contributed by atoms with Crippen molar-refractivity contribution in [2.24, 2.45) is 0 Å². The summed E-state index contributed by atoms with van der Waals surface area (Å²) in [6, 6.07) is 0. The highest BCUT2D eigenvalue weighted by Gasteiger charge is 1.95. The molecule has 0 bridgehead atoms. The van der Waals surface area contributed by atoms with Gasteiger partial charge in [-0.05, 0) is 25.7 Å².